The van der Waals surface area contributed by atoms with Gasteiger partial charge in [0.25, 0.3) is 0 Å². The predicted octanol–water partition coefficient (Wildman–Crippen LogP) is 3.57. The second-order valence-electron chi connectivity index (χ2n) is 5.18. The third-order valence-corrected chi connectivity index (χ3v) is 3.76. The number of hydrogen-bond donors (Lipinski definition) is 2. The van der Waals surface area contributed by atoms with Crippen LogP contribution in [0.1, 0.15) is 32.3 Å². The van der Waals surface area contributed by atoms with Gasteiger partial charge in [-0.05, 0) is 50.8 Å². The van der Waals surface area contributed by atoms with Crippen molar-refractivity contribution in [2.75, 3.05) is 5.32 Å². The monoisotopic (exact) mass is 268 g/mol. The third kappa shape index (κ3) is 2.90. The highest BCUT2D eigenvalue weighted by atomic mass is 35.5. The summed E-state index contributed by atoms with van der Waals surface area (Å²) < 4.78 is 0. The number of benzene rings is 1. The van der Waals surface area contributed by atoms with Gasteiger partial charge < -0.3 is 11.1 Å². The highest BCUT2D eigenvalue weighted by molar-refractivity contribution is 7.80. The van der Waals surface area contributed by atoms with Gasteiger partial charge in [-0.25, -0.2) is 0 Å². The summed E-state index contributed by atoms with van der Waals surface area (Å²) in [5.41, 5.74) is 7.58. The second-order valence-corrected chi connectivity index (χ2v) is 6.05. The van der Waals surface area contributed by atoms with Gasteiger partial charge in [0.2, 0.25) is 0 Å². The number of anilines is 1. The van der Waals surface area contributed by atoms with E-state index < -0.39 is 0 Å². The molecule has 0 aromatic heterocycles. The number of rotatable bonds is 4. The lowest BCUT2D eigenvalue weighted by Crippen LogP contribution is -2.34. The highest BCUT2D eigenvalue weighted by Crippen LogP contribution is 2.41. The lowest BCUT2D eigenvalue weighted by molar-refractivity contribution is 0.494. The largest absolute Gasteiger partial charge is 0.389 e. The van der Waals surface area contributed by atoms with Crippen LogP contribution in [0.3, 0.4) is 0 Å². The van der Waals surface area contributed by atoms with Crippen molar-refractivity contribution >= 4 is 34.5 Å². The molecule has 2 rings (SSSR count). The molecular weight excluding hydrogens is 252 g/mol. The molecule has 1 fully saturated rings. The zero-order valence-corrected chi connectivity index (χ0v) is 11.7. The van der Waals surface area contributed by atoms with Gasteiger partial charge in [-0.15, -0.1) is 0 Å². The van der Waals surface area contributed by atoms with E-state index in [1.54, 1.807) is 0 Å². The minimum atomic E-state index is 0.0597. The van der Waals surface area contributed by atoms with Crippen molar-refractivity contribution in [3.05, 3.63) is 28.8 Å². The Bertz CT molecular complexity index is 453. The van der Waals surface area contributed by atoms with Crippen LogP contribution >= 0.6 is 23.8 Å². The van der Waals surface area contributed by atoms with E-state index in [1.165, 1.54) is 12.8 Å². The molecule has 1 saturated carbocycles. The molecule has 0 unspecified atom stereocenters. The van der Waals surface area contributed by atoms with E-state index in [9.17, 15) is 0 Å². The van der Waals surface area contributed by atoms with Crippen molar-refractivity contribution < 1.29 is 0 Å². The Morgan fingerprint density at radius 2 is 2.12 bits per heavy atom. The van der Waals surface area contributed by atoms with Crippen molar-refractivity contribution in [1.29, 1.82) is 0 Å². The molecular formula is C13H17ClN2S. The van der Waals surface area contributed by atoms with Crippen LogP contribution in [-0.2, 0) is 0 Å². The Hall–Kier alpha value is -0.800. The molecule has 0 atom stereocenters. The van der Waals surface area contributed by atoms with Gasteiger partial charge in [0.1, 0.15) is 4.99 Å². The van der Waals surface area contributed by atoms with E-state index in [2.05, 4.69) is 19.2 Å². The van der Waals surface area contributed by atoms with Gasteiger partial charge in [0, 0.05) is 21.8 Å². The molecule has 0 bridgehead atoms. The summed E-state index contributed by atoms with van der Waals surface area (Å²) in [5, 5.41) is 4.21. The third-order valence-electron chi connectivity index (χ3n) is 3.30. The average Bonchev–Trinajstić information content (AvgIpc) is 2.99. The number of nitrogens with two attached hydrogens (primary N) is 1. The van der Waals surface area contributed by atoms with Crippen molar-refractivity contribution in [3.8, 4) is 0 Å². The Morgan fingerprint density at radius 1 is 1.47 bits per heavy atom. The molecule has 0 aliphatic heterocycles. The van der Waals surface area contributed by atoms with E-state index in [4.69, 9.17) is 29.6 Å². The molecule has 0 radical (unpaired) electrons. The maximum atomic E-state index is 6.02. The van der Waals surface area contributed by atoms with Crippen LogP contribution in [0.2, 0.25) is 5.02 Å². The molecule has 0 heterocycles. The van der Waals surface area contributed by atoms with E-state index in [1.807, 2.05) is 18.2 Å². The highest BCUT2D eigenvalue weighted by Gasteiger charge is 2.37. The van der Waals surface area contributed by atoms with Crippen LogP contribution in [0.15, 0.2) is 18.2 Å². The van der Waals surface area contributed by atoms with Crippen LogP contribution in [0.25, 0.3) is 0 Å². The van der Waals surface area contributed by atoms with Gasteiger partial charge in [-0.1, -0.05) is 23.8 Å². The average molecular weight is 269 g/mol. The van der Waals surface area contributed by atoms with Crippen LogP contribution < -0.4 is 11.1 Å². The molecule has 92 valence electrons. The Kier molecular flexibility index (Phi) is 3.32. The summed E-state index contributed by atoms with van der Waals surface area (Å²) in [6.07, 6.45) is 2.56. The quantitative estimate of drug-likeness (QED) is 0.820. The number of hydrogen-bond acceptors (Lipinski definition) is 2. The first-order valence-electron chi connectivity index (χ1n) is 5.77. The Balaban J connectivity index is 2.30. The fraction of sp³-hybridized carbons (Fsp3) is 0.462. The van der Waals surface area contributed by atoms with Crippen molar-refractivity contribution in [2.45, 2.75) is 32.2 Å². The van der Waals surface area contributed by atoms with Gasteiger partial charge >= 0.3 is 0 Å². The predicted molar refractivity (Wildman–Crippen MR) is 77.8 cm³/mol. The summed E-state index contributed by atoms with van der Waals surface area (Å²) in [6, 6.07) is 5.57. The van der Waals surface area contributed by atoms with E-state index >= 15 is 0 Å². The molecule has 3 N–H and O–H groups in total. The molecule has 17 heavy (non-hydrogen) atoms. The zero-order chi connectivity index (χ0) is 12.6. The smallest absolute Gasteiger partial charge is 0.106 e. The van der Waals surface area contributed by atoms with Crippen molar-refractivity contribution in [1.82, 2.24) is 0 Å². The van der Waals surface area contributed by atoms with Crippen LogP contribution in [0.4, 0.5) is 5.69 Å². The lowest BCUT2D eigenvalue weighted by Gasteiger charge is -2.29. The van der Waals surface area contributed by atoms with Crippen LogP contribution in [-0.4, -0.2) is 10.5 Å². The second kappa shape index (κ2) is 4.46. The molecule has 4 heteroatoms. The summed E-state index contributed by atoms with van der Waals surface area (Å²) in [5.74, 6) is 0.723. The standard InChI is InChI=1S/C13H17ClN2S/c1-13(2,8-3-4-8)16-11-7-9(14)5-6-10(11)12(15)17/h5-8,16H,3-4H2,1-2H3,(H2,15,17). The molecule has 2 nitrogen and oxygen atoms in total. The van der Waals surface area contributed by atoms with E-state index in [-0.39, 0.29) is 5.54 Å². The van der Waals surface area contributed by atoms with Crippen molar-refractivity contribution in [2.24, 2.45) is 11.7 Å². The Labute approximate surface area is 113 Å². The number of nitrogens with one attached hydrogen (secondary N) is 1. The molecule has 0 amide bonds. The Morgan fingerprint density at radius 3 is 2.65 bits per heavy atom. The maximum Gasteiger partial charge on any atom is 0.106 e. The SMILES string of the molecule is CC(C)(Nc1cc(Cl)ccc1C(N)=S)C1CC1. The van der Waals surface area contributed by atoms with Gasteiger partial charge in [-0.3, -0.25) is 0 Å². The van der Waals surface area contributed by atoms with Gasteiger partial charge in [0.15, 0.2) is 0 Å². The first-order chi connectivity index (χ1) is 7.90. The molecule has 1 aliphatic rings. The first-order valence-corrected chi connectivity index (χ1v) is 6.56. The summed E-state index contributed by atoms with van der Waals surface area (Å²) >= 11 is 11.1. The molecule has 0 saturated heterocycles. The lowest BCUT2D eigenvalue weighted by atomic mass is 9.97. The fourth-order valence-corrected chi connectivity index (χ4v) is 2.44. The van der Waals surface area contributed by atoms with Crippen LogP contribution in [0.5, 0.6) is 0 Å². The van der Waals surface area contributed by atoms with Gasteiger partial charge in [0.05, 0.1) is 0 Å². The summed E-state index contributed by atoms with van der Waals surface area (Å²) in [6.45, 7) is 4.41. The molecule has 1 aromatic carbocycles. The summed E-state index contributed by atoms with van der Waals surface area (Å²) in [4.78, 5) is 0.399. The first kappa shape index (κ1) is 12.7. The molecule has 0 spiro atoms. The van der Waals surface area contributed by atoms with E-state index in [0.29, 0.717) is 10.0 Å². The zero-order valence-electron chi connectivity index (χ0n) is 10.1. The fourth-order valence-electron chi connectivity index (χ4n) is 2.09. The minimum Gasteiger partial charge on any atom is -0.389 e. The molecule has 1 aromatic rings. The van der Waals surface area contributed by atoms with Gasteiger partial charge in [-0.2, -0.15) is 0 Å². The maximum absolute atomic E-state index is 6.02. The van der Waals surface area contributed by atoms with E-state index in [0.717, 1.165) is 17.2 Å². The number of halogens is 1. The summed E-state index contributed by atoms with van der Waals surface area (Å²) in [7, 11) is 0. The molecule has 1 aliphatic carbocycles. The van der Waals surface area contributed by atoms with Crippen molar-refractivity contribution in [3.63, 3.8) is 0 Å². The van der Waals surface area contributed by atoms with Crippen LogP contribution in [0, 0.1) is 5.92 Å². The normalized spacial score (nSPS) is 15.7. The minimum absolute atomic E-state index is 0.0597. The topological polar surface area (TPSA) is 38.0 Å². The number of thiocarbonyl (C=S) groups is 1.